The van der Waals surface area contributed by atoms with Gasteiger partial charge in [0, 0.05) is 32.7 Å². The molecule has 1 aliphatic heterocycles. The lowest BCUT2D eigenvalue weighted by Crippen LogP contribution is -2.36. The first-order valence-electron chi connectivity index (χ1n) is 5.48. The number of likely N-dealkylation sites (tertiary alicyclic amines) is 1. The summed E-state index contributed by atoms with van der Waals surface area (Å²) in [7, 11) is 2.99. The summed E-state index contributed by atoms with van der Waals surface area (Å²) in [6.07, 6.45) is 1.06. The Balaban J connectivity index is 2.53. The third-order valence-electron chi connectivity index (χ3n) is 3.04. The van der Waals surface area contributed by atoms with Gasteiger partial charge in [-0.1, -0.05) is 0 Å². The molecule has 0 aromatic rings. The van der Waals surface area contributed by atoms with Crippen LogP contribution in [-0.2, 0) is 19.1 Å². The first-order valence-corrected chi connectivity index (χ1v) is 5.48. The fourth-order valence-corrected chi connectivity index (χ4v) is 2.06. The highest BCUT2D eigenvalue weighted by atomic mass is 16.5. The molecule has 0 aromatic carbocycles. The molecular formula is C11H19NO4. The smallest absolute Gasteiger partial charge is 0.311 e. The zero-order valence-corrected chi connectivity index (χ0v) is 10.1. The summed E-state index contributed by atoms with van der Waals surface area (Å²) in [6.45, 7) is 3.15. The van der Waals surface area contributed by atoms with Crippen LogP contribution in [0.3, 0.4) is 0 Å². The van der Waals surface area contributed by atoms with Gasteiger partial charge in [0.05, 0.1) is 13.0 Å². The van der Waals surface area contributed by atoms with E-state index in [4.69, 9.17) is 4.74 Å². The van der Waals surface area contributed by atoms with Gasteiger partial charge in [0.25, 0.3) is 0 Å². The van der Waals surface area contributed by atoms with E-state index in [1.807, 2.05) is 6.92 Å². The Morgan fingerprint density at radius 2 is 2.19 bits per heavy atom. The molecule has 2 unspecified atom stereocenters. The lowest BCUT2D eigenvalue weighted by atomic mass is 10.0. The number of amides is 1. The molecule has 1 aliphatic rings. The number of nitrogens with zero attached hydrogens (tertiary/aromatic N) is 1. The first kappa shape index (κ1) is 13.0. The fourth-order valence-electron chi connectivity index (χ4n) is 2.06. The van der Waals surface area contributed by atoms with Gasteiger partial charge in [0.1, 0.15) is 0 Å². The van der Waals surface area contributed by atoms with Crippen LogP contribution < -0.4 is 0 Å². The topological polar surface area (TPSA) is 55.8 Å². The Labute approximate surface area is 95.7 Å². The van der Waals surface area contributed by atoms with Gasteiger partial charge in [-0.25, -0.2) is 0 Å². The van der Waals surface area contributed by atoms with Crippen molar-refractivity contribution in [2.24, 2.45) is 5.92 Å². The lowest BCUT2D eigenvalue weighted by Gasteiger charge is -2.23. The summed E-state index contributed by atoms with van der Waals surface area (Å²) < 4.78 is 9.62. The molecule has 0 radical (unpaired) electrons. The van der Waals surface area contributed by atoms with Gasteiger partial charge < -0.3 is 14.4 Å². The van der Waals surface area contributed by atoms with E-state index in [0.29, 0.717) is 13.2 Å². The maximum Gasteiger partial charge on any atom is 0.311 e. The molecule has 2 atom stereocenters. The second-order valence-corrected chi connectivity index (χ2v) is 4.01. The van der Waals surface area contributed by atoms with Gasteiger partial charge in [-0.05, 0) is 13.3 Å². The van der Waals surface area contributed by atoms with Crippen molar-refractivity contribution in [3.8, 4) is 0 Å². The second kappa shape index (κ2) is 5.84. The Morgan fingerprint density at radius 3 is 2.75 bits per heavy atom. The van der Waals surface area contributed by atoms with Gasteiger partial charge in [0.15, 0.2) is 0 Å². The van der Waals surface area contributed by atoms with Crippen LogP contribution in [0.5, 0.6) is 0 Å². The molecule has 1 heterocycles. The Bertz CT molecular complexity index is 267. The molecule has 0 spiro atoms. The number of hydrogen-bond donors (Lipinski definition) is 0. The van der Waals surface area contributed by atoms with Gasteiger partial charge in [0.2, 0.25) is 5.91 Å². The third kappa shape index (κ3) is 2.72. The van der Waals surface area contributed by atoms with Gasteiger partial charge in [-0.15, -0.1) is 0 Å². The number of carbonyl (C=O) groups is 2. The van der Waals surface area contributed by atoms with Gasteiger partial charge >= 0.3 is 5.97 Å². The van der Waals surface area contributed by atoms with Crippen molar-refractivity contribution in [3.05, 3.63) is 0 Å². The number of esters is 1. The molecule has 16 heavy (non-hydrogen) atoms. The van der Waals surface area contributed by atoms with E-state index in [-0.39, 0.29) is 30.3 Å². The van der Waals surface area contributed by atoms with E-state index in [1.165, 1.54) is 7.11 Å². The second-order valence-electron chi connectivity index (χ2n) is 4.01. The summed E-state index contributed by atoms with van der Waals surface area (Å²) in [5, 5.41) is 0. The lowest BCUT2D eigenvalue weighted by molar-refractivity contribution is -0.146. The summed E-state index contributed by atoms with van der Waals surface area (Å²) in [5.41, 5.74) is 0. The van der Waals surface area contributed by atoms with Crippen LogP contribution in [-0.4, -0.2) is 50.2 Å². The highest BCUT2D eigenvalue weighted by Gasteiger charge is 2.41. The maximum atomic E-state index is 11.7. The molecule has 0 N–H and O–H groups in total. The normalized spacial score (nSPS) is 24.9. The van der Waals surface area contributed by atoms with Gasteiger partial charge in [-0.2, -0.15) is 0 Å². The summed E-state index contributed by atoms with van der Waals surface area (Å²) in [6, 6.07) is -0.0724. The fraction of sp³-hybridized carbons (Fsp3) is 0.818. The zero-order valence-electron chi connectivity index (χ0n) is 10.1. The highest BCUT2D eigenvalue weighted by molar-refractivity contribution is 5.87. The minimum Gasteiger partial charge on any atom is -0.469 e. The quantitative estimate of drug-likeness (QED) is 0.507. The van der Waals surface area contributed by atoms with E-state index in [0.717, 1.165) is 6.42 Å². The van der Waals surface area contributed by atoms with Crippen molar-refractivity contribution in [2.75, 3.05) is 27.4 Å². The van der Waals surface area contributed by atoms with Crippen LogP contribution in [0.1, 0.15) is 19.8 Å². The predicted octanol–water partition coefficient (Wildman–Crippen LogP) is 0.433. The SMILES string of the molecule is COCCCN1C(=O)CC(C(=O)OC)C1C. The van der Waals surface area contributed by atoms with Crippen molar-refractivity contribution in [3.63, 3.8) is 0 Å². The molecule has 1 rings (SSSR count). The molecule has 92 valence electrons. The van der Waals surface area contributed by atoms with E-state index in [1.54, 1.807) is 12.0 Å². The highest BCUT2D eigenvalue weighted by Crippen LogP contribution is 2.26. The number of rotatable bonds is 5. The summed E-state index contributed by atoms with van der Waals surface area (Å²) >= 11 is 0. The Morgan fingerprint density at radius 1 is 1.50 bits per heavy atom. The van der Waals surface area contributed by atoms with Crippen molar-refractivity contribution >= 4 is 11.9 Å². The van der Waals surface area contributed by atoms with Crippen LogP contribution in [0, 0.1) is 5.92 Å². The molecule has 0 bridgehead atoms. The third-order valence-corrected chi connectivity index (χ3v) is 3.04. The average Bonchev–Trinajstić information content (AvgIpc) is 2.56. The van der Waals surface area contributed by atoms with Crippen LogP contribution in [0.2, 0.25) is 0 Å². The van der Waals surface area contributed by atoms with Crippen molar-refractivity contribution < 1.29 is 19.1 Å². The number of carbonyl (C=O) groups excluding carboxylic acids is 2. The molecule has 5 heteroatoms. The van der Waals surface area contributed by atoms with E-state index >= 15 is 0 Å². The first-order chi connectivity index (χ1) is 7.61. The van der Waals surface area contributed by atoms with Crippen LogP contribution in [0.4, 0.5) is 0 Å². The molecule has 1 saturated heterocycles. The minimum absolute atomic E-state index is 0.0269. The van der Waals surface area contributed by atoms with E-state index < -0.39 is 0 Å². The van der Waals surface area contributed by atoms with E-state index in [2.05, 4.69) is 4.74 Å². The van der Waals surface area contributed by atoms with Crippen LogP contribution in [0.15, 0.2) is 0 Å². The van der Waals surface area contributed by atoms with E-state index in [9.17, 15) is 9.59 Å². The standard InChI is InChI=1S/C11H19NO4/c1-8-9(11(14)16-3)7-10(13)12(8)5-4-6-15-2/h8-9H,4-7H2,1-3H3. The summed E-state index contributed by atoms with van der Waals surface area (Å²) in [5.74, 6) is -0.589. The molecule has 1 fully saturated rings. The summed E-state index contributed by atoms with van der Waals surface area (Å²) in [4.78, 5) is 24.8. The van der Waals surface area contributed by atoms with Crippen molar-refractivity contribution in [1.29, 1.82) is 0 Å². The molecule has 0 saturated carbocycles. The van der Waals surface area contributed by atoms with Crippen molar-refractivity contribution in [1.82, 2.24) is 4.90 Å². The van der Waals surface area contributed by atoms with Crippen LogP contribution in [0.25, 0.3) is 0 Å². The minimum atomic E-state index is -0.319. The van der Waals surface area contributed by atoms with Crippen LogP contribution >= 0.6 is 0 Å². The zero-order chi connectivity index (χ0) is 12.1. The van der Waals surface area contributed by atoms with Crippen molar-refractivity contribution in [2.45, 2.75) is 25.8 Å². The molecule has 1 amide bonds. The number of methoxy groups -OCH3 is 2. The Kier molecular flexibility index (Phi) is 4.73. The average molecular weight is 229 g/mol. The maximum absolute atomic E-state index is 11.7. The molecule has 0 aromatic heterocycles. The Hall–Kier alpha value is -1.10. The molecule has 0 aliphatic carbocycles. The molecule has 5 nitrogen and oxygen atoms in total. The number of hydrogen-bond acceptors (Lipinski definition) is 4. The van der Waals surface area contributed by atoms with Gasteiger partial charge in [-0.3, -0.25) is 9.59 Å². The largest absolute Gasteiger partial charge is 0.469 e. The number of ether oxygens (including phenoxy) is 2. The predicted molar refractivity (Wildman–Crippen MR) is 57.8 cm³/mol. The molecular weight excluding hydrogens is 210 g/mol. The monoisotopic (exact) mass is 229 g/mol.